The molecular weight excluding hydrogens is 206 g/mol. The molecule has 14 heavy (non-hydrogen) atoms. The Balaban J connectivity index is 4.39. The van der Waals surface area contributed by atoms with E-state index >= 15 is 0 Å². The summed E-state index contributed by atoms with van der Waals surface area (Å²) < 4.78 is 4.58. The molecule has 82 valence electrons. The summed E-state index contributed by atoms with van der Waals surface area (Å²) in [5, 5.41) is 2.52. The molecule has 0 bridgehead atoms. The van der Waals surface area contributed by atoms with Crippen molar-refractivity contribution in [3.05, 3.63) is 0 Å². The highest BCUT2D eigenvalue weighted by molar-refractivity contribution is 6.27. The van der Waals surface area contributed by atoms with Crippen LogP contribution in [0.25, 0.3) is 0 Å². The molecule has 0 radical (unpaired) electrons. The number of halogens is 1. The van der Waals surface area contributed by atoms with Crippen LogP contribution in [0, 0.1) is 5.92 Å². The minimum atomic E-state index is -0.601. The Labute approximate surface area is 88.9 Å². The Morgan fingerprint density at radius 3 is 2.43 bits per heavy atom. The maximum atomic E-state index is 11.3. The van der Waals surface area contributed by atoms with Crippen LogP contribution >= 0.6 is 11.6 Å². The minimum Gasteiger partial charge on any atom is -0.467 e. The molecule has 0 saturated carbocycles. The predicted molar refractivity (Wildman–Crippen MR) is 54.1 cm³/mol. The van der Waals surface area contributed by atoms with Crippen molar-refractivity contribution in [3.8, 4) is 0 Å². The molecule has 0 heterocycles. The van der Waals surface area contributed by atoms with Crippen molar-refractivity contribution in [2.75, 3.05) is 13.0 Å². The minimum absolute atomic E-state index is 0.0367. The standard InChI is InChI=1S/C9H16ClNO3/c1-4-6(2)8(9(13)14-3)11-7(12)5-10/h6,8H,4-5H2,1-3H3,(H,11,12)/t6-,8-/m0/s1. The average Bonchev–Trinajstić information content (AvgIpc) is 2.23. The fourth-order valence-corrected chi connectivity index (χ4v) is 1.09. The third-order valence-corrected chi connectivity index (χ3v) is 2.35. The summed E-state index contributed by atoms with van der Waals surface area (Å²) in [7, 11) is 1.30. The lowest BCUT2D eigenvalue weighted by molar-refractivity contribution is -0.146. The van der Waals surface area contributed by atoms with Gasteiger partial charge in [0.05, 0.1) is 7.11 Å². The molecule has 0 spiro atoms. The van der Waals surface area contributed by atoms with Crippen molar-refractivity contribution in [3.63, 3.8) is 0 Å². The Bertz CT molecular complexity index is 208. The second-order valence-corrected chi connectivity index (χ2v) is 3.35. The number of esters is 1. The molecule has 0 aromatic rings. The maximum Gasteiger partial charge on any atom is 0.328 e. The molecule has 5 heteroatoms. The number of hydrogen-bond acceptors (Lipinski definition) is 3. The van der Waals surface area contributed by atoms with Gasteiger partial charge in [-0.3, -0.25) is 4.79 Å². The molecule has 0 aliphatic rings. The van der Waals surface area contributed by atoms with Crippen LogP contribution in [0.5, 0.6) is 0 Å². The lowest BCUT2D eigenvalue weighted by Gasteiger charge is -2.21. The quantitative estimate of drug-likeness (QED) is 0.555. The van der Waals surface area contributed by atoms with Crippen LogP contribution in [0.1, 0.15) is 20.3 Å². The summed E-state index contributed by atoms with van der Waals surface area (Å²) in [6.07, 6.45) is 0.780. The number of hydrogen-bond donors (Lipinski definition) is 1. The number of ether oxygens (including phenoxy) is 1. The predicted octanol–water partition coefficient (Wildman–Crippen LogP) is 0.929. The van der Waals surface area contributed by atoms with Crippen molar-refractivity contribution in [2.45, 2.75) is 26.3 Å². The molecule has 1 amide bonds. The van der Waals surface area contributed by atoms with Gasteiger partial charge in [0.25, 0.3) is 0 Å². The normalized spacial score (nSPS) is 14.3. The molecule has 0 aliphatic carbocycles. The van der Waals surface area contributed by atoms with E-state index in [2.05, 4.69) is 10.1 Å². The lowest BCUT2D eigenvalue weighted by Crippen LogP contribution is -2.46. The third-order valence-electron chi connectivity index (χ3n) is 2.11. The zero-order chi connectivity index (χ0) is 11.1. The van der Waals surface area contributed by atoms with Gasteiger partial charge >= 0.3 is 5.97 Å². The number of methoxy groups -OCH3 is 1. The molecular formula is C9H16ClNO3. The van der Waals surface area contributed by atoms with Gasteiger partial charge in [-0.05, 0) is 5.92 Å². The van der Waals surface area contributed by atoms with Gasteiger partial charge in [-0.1, -0.05) is 20.3 Å². The fraction of sp³-hybridized carbons (Fsp3) is 0.778. The first kappa shape index (κ1) is 13.2. The molecule has 0 rings (SSSR count). The SMILES string of the molecule is CC[C@H](C)[C@H](NC(=O)CCl)C(=O)OC. The van der Waals surface area contributed by atoms with E-state index in [4.69, 9.17) is 11.6 Å². The third kappa shape index (κ3) is 3.96. The number of amides is 1. The molecule has 4 nitrogen and oxygen atoms in total. The van der Waals surface area contributed by atoms with Gasteiger partial charge in [-0.2, -0.15) is 0 Å². The second kappa shape index (κ2) is 6.65. The maximum absolute atomic E-state index is 11.3. The highest BCUT2D eigenvalue weighted by Gasteiger charge is 2.25. The Morgan fingerprint density at radius 1 is 1.50 bits per heavy atom. The summed E-state index contributed by atoms with van der Waals surface area (Å²) in [6, 6.07) is -0.601. The molecule has 0 aliphatic heterocycles. The highest BCUT2D eigenvalue weighted by atomic mass is 35.5. The fourth-order valence-electron chi connectivity index (χ4n) is 1.01. The lowest BCUT2D eigenvalue weighted by atomic mass is 9.99. The van der Waals surface area contributed by atoms with Gasteiger partial charge < -0.3 is 10.1 Å². The molecule has 1 N–H and O–H groups in total. The van der Waals surface area contributed by atoms with Crippen LogP contribution in [0.15, 0.2) is 0 Å². The first-order chi connectivity index (χ1) is 6.56. The Hall–Kier alpha value is -0.770. The Morgan fingerprint density at radius 2 is 2.07 bits per heavy atom. The number of carbonyl (C=O) groups is 2. The van der Waals surface area contributed by atoms with Crippen molar-refractivity contribution in [2.24, 2.45) is 5.92 Å². The average molecular weight is 222 g/mol. The first-order valence-corrected chi connectivity index (χ1v) is 5.03. The molecule has 0 aromatic heterocycles. The molecule has 2 atom stereocenters. The van der Waals surface area contributed by atoms with E-state index in [1.54, 1.807) is 0 Å². The molecule has 0 aromatic carbocycles. The largest absolute Gasteiger partial charge is 0.467 e. The van der Waals surface area contributed by atoms with E-state index in [1.165, 1.54) is 7.11 Å². The van der Waals surface area contributed by atoms with Crippen LogP contribution in [-0.2, 0) is 14.3 Å². The summed E-state index contributed by atoms with van der Waals surface area (Å²) in [5.74, 6) is -0.904. The van der Waals surface area contributed by atoms with E-state index in [1.807, 2.05) is 13.8 Å². The van der Waals surface area contributed by atoms with Gasteiger partial charge in [-0.15, -0.1) is 11.6 Å². The number of carbonyl (C=O) groups excluding carboxylic acids is 2. The highest BCUT2D eigenvalue weighted by Crippen LogP contribution is 2.09. The van der Waals surface area contributed by atoms with Gasteiger partial charge in [0, 0.05) is 0 Å². The summed E-state index contributed by atoms with van der Waals surface area (Å²) >= 11 is 5.33. The monoisotopic (exact) mass is 221 g/mol. The van der Waals surface area contributed by atoms with Gasteiger partial charge in [0.15, 0.2) is 0 Å². The smallest absolute Gasteiger partial charge is 0.328 e. The summed E-state index contributed by atoms with van der Waals surface area (Å²) in [6.45, 7) is 3.81. The summed E-state index contributed by atoms with van der Waals surface area (Å²) in [5.41, 5.74) is 0. The van der Waals surface area contributed by atoms with Gasteiger partial charge in [-0.25, -0.2) is 4.79 Å². The topological polar surface area (TPSA) is 55.4 Å². The number of alkyl halides is 1. The zero-order valence-corrected chi connectivity index (χ0v) is 9.43. The molecule has 0 saturated heterocycles. The van der Waals surface area contributed by atoms with E-state index < -0.39 is 12.0 Å². The number of nitrogens with one attached hydrogen (secondary N) is 1. The van der Waals surface area contributed by atoms with Crippen molar-refractivity contribution in [1.29, 1.82) is 0 Å². The molecule has 0 fully saturated rings. The van der Waals surface area contributed by atoms with Gasteiger partial charge in [0.1, 0.15) is 11.9 Å². The first-order valence-electron chi connectivity index (χ1n) is 4.49. The van der Waals surface area contributed by atoms with Crippen molar-refractivity contribution >= 4 is 23.5 Å². The van der Waals surface area contributed by atoms with Crippen LogP contribution in [0.2, 0.25) is 0 Å². The number of rotatable bonds is 5. The Kier molecular flexibility index (Phi) is 6.28. The second-order valence-electron chi connectivity index (χ2n) is 3.09. The summed E-state index contributed by atoms with van der Waals surface area (Å²) in [4.78, 5) is 22.3. The van der Waals surface area contributed by atoms with Crippen LogP contribution in [0.4, 0.5) is 0 Å². The van der Waals surface area contributed by atoms with Crippen molar-refractivity contribution in [1.82, 2.24) is 5.32 Å². The molecule has 0 unspecified atom stereocenters. The van der Waals surface area contributed by atoms with Crippen LogP contribution in [0.3, 0.4) is 0 Å². The van der Waals surface area contributed by atoms with Crippen LogP contribution < -0.4 is 5.32 Å². The van der Waals surface area contributed by atoms with E-state index in [-0.39, 0.29) is 17.7 Å². The van der Waals surface area contributed by atoms with E-state index in [0.717, 1.165) is 6.42 Å². The van der Waals surface area contributed by atoms with E-state index in [9.17, 15) is 9.59 Å². The van der Waals surface area contributed by atoms with Gasteiger partial charge in [0.2, 0.25) is 5.91 Å². The zero-order valence-electron chi connectivity index (χ0n) is 8.67. The van der Waals surface area contributed by atoms with E-state index in [0.29, 0.717) is 0 Å². The van der Waals surface area contributed by atoms with Crippen molar-refractivity contribution < 1.29 is 14.3 Å². The van der Waals surface area contributed by atoms with Crippen LogP contribution in [-0.4, -0.2) is 30.9 Å².